The summed E-state index contributed by atoms with van der Waals surface area (Å²) < 4.78 is 4.95. The lowest BCUT2D eigenvalue weighted by molar-refractivity contribution is 0.393. The van der Waals surface area contributed by atoms with Gasteiger partial charge in [-0.05, 0) is 5.92 Å². The lowest BCUT2D eigenvalue weighted by atomic mass is 10.1. The molecule has 65 valence electrons. The topological polar surface area (TPSA) is 35.0 Å². The molecule has 1 heterocycles. The number of methoxy groups -OCH3 is 1. The summed E-state index contributed by atoms with van der Waals surface area (Å²) in [5.74, 6) is 1.94. The molecule has 0 fully saturated rings. The summed E-state index contributed by atoms with van der Waals surface area (Å²) in [6.07, 6.45) is 3.62. The Bertz CT molecular complexity index is 248. The standard InChI is InChI=1S/C9H13N2O/c1-7(2)6-8-10-5-4-9(11-8)12-3/h4,7H,6H2,1-3H3. The van der Waals surface area contributed by atoms with Crippen LogP contribution in [0.5, 0.6) is 5.88 Å². The zero-order valence-electron chi connectivity index (χ0n) is 7.66. The van der Waals surface area contributed by atoms with E-state index in [9.17, 15) is 0 Å². The monoisotopic (exact) mass is 165 g/mol. The van der Waals surface area contributed by atoms with Crippen LogP contribution in [0.3, 0.4) is 0 Å². The van der Waals surface area contributed by atoms with E-state index in [0.29, 0.717) is 11.8 Å². The van der Waals surface area contributed by atoms with Crippen LogP contribution < -0.4 is 4.74 Å². The molecule has 3 nitrogen and oxygen atoms in total. The van der Waals surface area contributed by atoms with E-state index in [4.69, 9.17) is 4.74 Å². The molecule has 0 atom stereocenters. The molecule has 0 amide bonds. The summed E-state index contributed by atoms with van der Waals surface area (Å²) in [6.45, 7) is 4.26. The van der Waals surface area contributed by atoms with Crippen molar-refractivity contribution in [3.63, 3.8) is 0 Å². The van der Waals surface area contributed by atoms with E-state index >= 15 is 0 Å². The molecule has 1 aromatic rings. The predicted octanol–water partition coefficient (Wildman–Crippen LogP) is 1.48. The van der Waals surface area contributed by atoms with Crippen LogP contribution in [0.1, 0.15) is 19.7 Å². The number of rotatable bonds is 3. The highest BCUT2D eigenvalue weighted by atomic mass is 16.5. The van der Waals surface area contributed by atoms with Crippen molar-refractivity contribution < 1.29 is 4.74 Å². The highest BCUT2D eigenvalue weighted by Gasteiger charge is 2.01. The number of hydrogen-bond donors (Lipinski definition) is 0. The van der Waals surface area contributed by atoms with Crippen LogP contribution in [0.15, 0.2) is 6.07 Å². The Balaban J connectivity index is 2.72. The van der Waals surface area contributed by atoms with Crippen molar-refractivity contribution in [3.8, 4) is 5.88 Å². The van der Waals surface area contributed by atoms with E-state index in [0.717, 1.165) is 12.2 Å². The van der Waals surface area contributed by atoms with Gasteiger partial charge in [-0.25, -0.2) is 4.98 Å². The van der Waals surface area contributed by atoms with Gasteiger partial charge in [0.15, 0.2) is 0 Å². The highest BCUT2D eigenvalue weighted by molar-refractivity contribution is 5.07. The Morgan fingerprint density at radius 3 is 2.92 bits per heavy atom. The molecular weight excluding hydrogens is 152 g/mol. The van der Waals surface area contributed by atoms with Crippen LogP contribution in [0, 0.1) is 12.1 Å². The van der Waals surface area contributed by atoms with Gasteiger partial charge in [0.1, 0.15) is 5.82 Å². The van der Waals surface area contributed by atoms with Crippen LogP contribution in [0.4, 0.5) is 0 Å². The van der Waals surface area contributed by atoms with Crippen LogP contribution in [0.2, 0.25) is 0 Å². The van der Waals surface area contributed by atoms with Crippen molar-refractivity contribution in [3.05, 3.63) is 18.1 Å². The molecule has 0 saturated heterocycles. The maximum atomic E-state index is 4.95. The Morgan fingerprint density at radius 1 is 1.58 bits per heavy atom. The maximum absolute atomic E-state index is 4.95. The zero-order valence-corrected chi connectivity index (χ0v) is 7.66. The lowest BCUT2D eigenvalue weighted by Crippen LogP contribution is -2.01. The smallest absolute Gasteiger partial charge is 0.216 e. The molecule has 0 bridgehead atoms. The third kappa shape index (κ3) is 2.49. The van der Waals surface area contributed by atoms with Gasteiger partial charge in [0.05, 0.1) is 13.3 Å². The Hall–Kier alpha value is -1.12. The van der Waals surface area contributed by atoms with E-state index in [2.05, 4.69) is 30.0 Å². The van der Waals surface area contributed by atoms with Gasteiger partial charge < -0.3 is 4.74 Å². The predicted molar refractivity (Wildman–Crippen MR) is 46.0 cm³/mol. The normalized spacial score (nSPS) is 10.3. The molecule has 0 aromatic carbocycles. The fourth-order valence-corrected chi connectivity index (χ4v) is 0.907. The SMILES string of the molecule is COc1c[c]nc(CC(C)C)n1. The van der Waals surface area contributed by atoms with Crippen LogP contribution in [-0.2, 0) is 6.42 Å². The van der Waals surface area contributed by atoms with Gasteiger partial charge in [-0.2, -0.15) is 4.98 Å². The first-order valence-electron chi connectivity index (χ1n) is 4.00. The first-order valence-corrected chi connectivity index (χ1v) is 4.00. The molecule has 0 aliphatic rings. The largest absolute Gasteiger partial charge is 0.481 e. The molecule has 12 heavy (non-hydrogen) atoms. The molecule has 0 N–H and O–H groups in total. The van der Waals surface area contributed by atoms with Crippen molar-refractivity contribution in [2.45, 2.75) is 20.3 Å². The summed E-state index contributed by atoms with van der Waals surface area (Å²) in [7, 11) is 1.59. The molecule has 0 aliphatic heterocycles. The van der Waals surface area contributed by atoms with E-state index < -0.39 is 0 Å². The van der Waals surface area contributed by atoms with Crippen molar-refractivity contribution in [2.75, 3.05) is 7.11 Å². The Morgan fingerprint density at radius 2 is 2.33 bits per heavy atom. The van der Waals surface area contributed by atoms with E-state index in [1.165, 1.54) is 0 Å². The number of ether oxygens (including phenoxy) is 1. The summed E-state index contributed by atoms with van der Waals surface area (Å²) in [5.41, 5.74) is 0. The quantitative estimate of drug-likeness (QED) is 0.680. The number of hydrogen-bond acceptors (Lipinski definition) is 3. The summed E-state index contributed by atoms with van der Waals surface area (Å²) in [5, 5.41) is 0. The van der Waals surface area contributed by atoms with Gasteiger partial charge in [0, 0.05) is 12.5 Å². The third-order valence-electron chi connectivity index (χ3n) is 1.42. The summed E-state index contributed by atoms with van der Waals surface area (Å²) in [6, 6.07) is 1.63. The number of aromatic nitrogens is 2. The lowest BCUT2D eigenvalue weighted by Gasteiger charge is -2.03. The van der Waals surface area contributed by atoms with Crippen LogP contribution in [0.25, 0.3) is 0 Å². The Kier molecular flexibility index (Phi) is 3.02. The summed E-state index contributed by atoms with van der Waals surface area (Å²) >= 11 is 0. The molecule has 0 saturated carbocycles. The van der Waals surface area contributed by atoms with Gasteiger partial charge in [-0.15, -0.1) is 0 Å². The second kappa shape index (κ2) is 4.04. The minimum Gasteiger partial charge on any atom is -0.481 e. The van der Waals surface area contributed by atoms with Crippen LogP contribution >= 0.6 is 0 Å². The van der Waals surface area contributed by atoms with Gasteiger partial charge in [0.2, 0.25) is 5.88 Å². The summed E-state index contributed by atoms with van der Waals surface area (Å²) in [4.78, 5) is 8.18. The van der Waals surface area contributed by atoms with Gasteiger partial charge in [-0.3, -0.25) is 0 Å². The first kappa shape index (κ1) is 8.97. The zero-order chi connectivity index (χ0) is 8.97. The average Bonchev–Trinajstić information content (AvgIpc) is 2.03. The molecule has 1 radical (unpaired) electrons. The second-order valence-electron chi connectivity index (χ2n) is 3.05. The van der Waals surface area contributed by atoms with Gasteiger partial charge in [0.25, 0.3) is 0 Å². The molecule has 3 heteroatoms. The van der Waals surface area contributed by atoms with Crippen LogP contribution in [-0.4, -0.2) is 17.1 Å². The van der Waals surface area contributed by atoms with Crippen molar-refractivity contribution in [1.29, 1.82) is 0 Å². The molecule has 1 aromatic heterocycles. The second-order valence-corrected chi connectivity index (χ2v) is 3.05. The van der Waals surface area contributed by atoms with E-state index in [-0.39, 0.29) is 0 Å². The van der Waals surface area contributed by atoms with Gasteiger partial charge >= 0.3 is 0 Å². The third-order valence-corrected chi connectivity index (χ3v) is 1.42. The van der Waals surface area contributed by atoms with E-state index in [1.807, 2.05) is 0 Å². The number of nitrogens with zero attached hydrogens (tertiary/aromatic N) is 2. The van der Waals surface area contributed by atoms with Crippen molar-refractivity contribution >= 4 is 0 Å². The minimum absolute atomic E-state index is 0.561. The average molecular weight is 165 g/mol. The molecule has 0 spiro atoms. The molecule has 1 rings (SSSR count). The molecule has 0 aliphatic carbocycles. The van der Waals surface area contributed by atoms with Gasteiger partial charge in [-0.1, -0.05) is 13.8 Å². The minimum atomic E-state index is 0.561. The first-order chi connectivity index (χ1) is 5.72. The Labute approximate surface area is 72.8 Å². The fourth-order valence-electron chi connectivity index (χ4n) is 0.907. The molecular formula is C9H13N2O. The molecule has 0 unspecified atom stereocenters. The highest BCUT2D eigenvalue weighted by Crippen LogP contribution is 2.07. The maximum Gasteiger partial charge on any atom is 0.216 e. The van der Waals surface area contributed by atoms with Crippen molar-refractivity contribution in [2.24, 2.45) is 5.92 Å². The van der Waals surface area contributed by atoms with Crippen molar-refractivity contribution in [1.82, 2.24) is 9.97 Å². The van der Waals surface area contributed by atoms with E-state index in [1.54, 1.807) is 13.2 Å². The fraction of sp³-hybridized carbons (Fsp3) is 0.556.